The average molecular weight is 207 g/mol. The van der Waals surface area contributed by atoms with Gasteiger partial charge in [-0.25, -0.2) is 0 Å². The van der Waals surface area contributed by atoms with Gasteiger partial charge in [-0.2, -0.15) is 0 Å². The van der Waals surface area contributed by atoms with E-state index in [4.69, 9.17) is 0 Å². The molecule has 0 saturated carbocycles. The fourth-order valence-electron chi connectivity index (χ4n) is 1.16. The molecule has 68 valence electrons. The molecular weight excluding hydrogens is 195 g/mol. The van der Waals surface area contributed by atoms with Crippen molar-refractivity contribution in [1.82, 2.24) is 10.3 Å². The summed E-state index contributed by atoms with van der Waals surface area (Å²) in [4.78, 5) is 3.97. The number of halogens is 2. The van der Waals surface area contributed by atoms with Crippen LogP contribution in [0.5, 0.6) is 0 Å². The first-order valence-corrected chi connectivity index (χ1v) is 3.57. The standard InChI is InChI=1S/C8H10N2.2ClH/c1-3-9-4-2-7(1)8-5-10-6-8;;/h1-4,8,10H,5-6H2;2*1H. The van der Waals surface area contributed by atoms with Gasteiger partial charge in [0.1, 0.15) is 0 Å². The molecule has 0 radical (unpaired) electrons. The van der Waals surface area contributed by atoms with Crippen LogP contribution in [0, 0.1) is 0 Å². The van der Waals surface area contributed by atoms with Crippen LogP contribution in [0.15, 0.2) is 24.5 Å². The monoisotopic (exact) mass is 206 g/mol. The van der Waals surface area contributed by atoms with Crippen LogP contribution in [-0.4, -0.2) is 18.1 Å². The molecule has 1 aromatic heterocycles. The van der Waals surface area contributed by atoms with Crippen molar-refractivity contribution in [2.45, 2.75) is 5.92 Å². The van der Waals surface area contributed by atoms with Gasteiger partial charge < -0.3 is 5.32 Å². The van der Waals surface area contributed by atoms with Gasteiger partial charge in [-0.05, 0) is 17.7 Å². The summed E-state index contributed by atoms with van der Waals surface area (Å²) in [5.74, 6) is 0.739. The van der Waals surface area contributed by atoms with Gasteiger partial charge in [0, 0.05) is 31.4 Å². The van der Waals surface area contributed by atoms with Crippen molar-refractivity contribution >= 4 is 24.8 Å². The molecule has 1 aromatic rings. The van der Waals surface area contributed by atoms with E-state index in [1.165, 1.54) is 5.56 Å². The number of pyridine rings is 1. The number of aromatic nitrogens is 1. The van der Waals surface area contributed by atoms with Crippen LogP contribution in [-0.2, 0) is 0 Å². The minimum absolute atomic E-state index is 0. The molecule has 1 aliphatic rings. The SMILES string of the molecule is Cl.Cl.c1cc(C2CNC2)ccn1. The number of hydrogen-bond donors (Lipinski definition) is 1. The van der Waals surface area contributed by atoms with Gasteiger partial charge in [-0.15, -0.1) is 24.8 Å². The molecule has 2 nitrogen and oxygen atoms in total. The molecule has 1 aliphatic heterocycles. The van der Waals surface area contributed by atoms with Crippen LogP contribution in [0.3, 0.4) is 0 Å². The molecule has 0 aromatic carbocycles. The van der Waals surface area contributed by atoms with E-state index in [-0.39, 0.29) is 24.8 Å². The zero-order chi connectivity index (χ0) is 6.81. The first-order valence-electron chi connectivity index (χ1n) is 3.57. The molecule has 0 unspecified atom stereocenters. The Labute approximate surface area is 84.6 Å². The van der Waals surface area contributed by atoms with E-state index < -0.39 is 0 Å². The van der Waals surface area contributed by atoms with Gasteiger partial charge in [0.15, 0.2) is 0 Å². The van der Waals surface area contributed by atoms with Crippen molar-refractivity contribution in [2.24, 2.45) is 0 Å². The molecule has 1 fully saturated rings. The second kappa shape index (κ2) is 5.36. The van der Waals surface area contributed by atoms with Crippen LogP contribution >= 0.6 is 24.8 Å². The smallest absolute Gasteiger partial charge is 0.0270 e. The van der Waals surface area contributed by atoms with Crippen molar-refractivity contribution in [3.05, 3.63) is 30.1 Å². The molecule has 0 spiro atoms. The first-order chi connectivity index (χ1) is 4.97. The highest BCUT2D eigenvalue weighted by molar-refractivity contribution is 5.85. The lowest BCUT2D eigenvalue weighted by Crippen LogP contribution is -2.39. The third-order valence-corrected chi connectivity index (χ3v) is 1.96. The maximum absolute atomic E-state index is 3.97. The van der Waals surface area contributed by atoms with Crippen molar-refractivity contribution < 1.29 is 0 Å². The van der Waals surface area contributed by atoms with Gasteiger partial charge in [-0.3, -0.25) is 4.98 Å². The second-order valence-corrected chi connectivity index (χ2v) is 2.64. The van der Waals surface area contributed by atoms with Crippen molar-refractivity contribution in [3.8, 4) is 0 Å². The van der Waals surface area contributed by atoms with Gasteiger partial charge in [0.05, 0.1) is 0 Å². The Bertz CT molecular complexity index is 212. The molecule has 2 heterocycles. The fourth-order valence-corrected chi connectivity index (χ4v) is 1.16. The largest absolute Gasteiger partial charge is 0.315 e. The predicted octanol–water partition coefficient (Wildman–Crippen LogP) is 1.61. The van der Waals surface area contributed by atoms with Crippen LogP contribution in [0.25, 0.3) is 0 Å². The Hall–Kier alpha value is -0.310. The number of hydrogen-bond acceptors (Lipinski definition) is 2. The number of nitrogens with one attached hydrogen (secondary N) is 1. The van der Waals surface area contributed by atoms with Crippen molar-refractivity contribution in [2.75, 3.05) is 13.1 Å². The summed E-state index contributed by atoms with van der Waals surface area (Å²) in [6, 6.07) is 4.18. The summed E-state index contributed by atoms with van der Waals surface area (Å²) in [7, 11) is 0. The summed E-state index contributed by atoms with van der Waals surface area (Å²) in [6.45, 7) is 2.26. The summed E-state index contributed by atoms with van der Waals surface area (Å²) < 4.78 is 0. The van der Waals surface area contributed by atoms with Crippen LogP contribution in [0.4, 0.5) is 0 Å². The molecule has 1 N–H and O–H groups in total. The molecule has 0 amide bonds. The Balaban J connectivity index is 0.000000605. The molecule has 12 heavy (non-hydrogen) atoms. The van der Waals surface area contributed by atoms with Crippen LogP contribution in [0.1, 0.15) is 11.5 Å². The molecule has 0 bridgehead atoms. The Morgan fingerprint density at radius 1 is 1.17 bits per heavy atom. The zero-order valence-electron chi connectivity index (χ0n) is 6.56. The quantitative estimate of drug-likeness (QED) is 0.756. The second-order valence-electron chi connectivity index (χ2n) is 2.64. The zero-order valence-corrected chi connectivity index (χ0v) is 8.20. The van der Waals surface area contributed by atoms with E-state index >= 15 is 0 Å². The maximum Gasteiger partial charge on any atom is 0.0270 e. The predicted molar refractivity (Wildman–Crippen MR) is 54.3 cm³/mol. The van der Waals surface area contributed by atoms with Gasteiger partial charge in [-0.1, -0.05) is 0 Å². The number of nitrogens with zero attached hydrogens (tertiary/aromatic N) is 1. The first kappa shape index (κ1) is 11.7. The van der Waals surface area contributed by atoms with Crippen molar-refractivity contribution in [3.63, 3.8) is 0 Å². The number of rotatable bonds is 1. The molecule has 2 rings (SSSR count). The maximum atomic E-state index is 3.97. The molecule has 0 atom stereocenters. The minimum Gasteiger partial charge on any atom is -0.315 e. The third kappa shape index (κ3) is 2.34. The van der Waals surface area contributed by atoms with E-state index in [1.807, 2.05) is 12.4 Å². The summed E-state index contributed by atoms with van der Waals surface area (Å²) in [5.41, 5.74) is 1.41. The van der Waals surface area contributed by atoms with E-state index in [2.05, 4.69) is 22.4 Å². The van der Waals surface area contributed by atoms with Gasteiger partial charge >= 0.3 is 0 Å². The van der Waals surface area contributed by atoms with Crippen molar-refractivity contribution in [1.29, 1.82) is 0 Å². The highest BCUT2D eigenvalue weighted by atomic mass is 35.5. The van der Waals surface area contributed by atoms with Gasteiger partial charge in [0.2, 0.25) is 0 Å². The van der Waals surface area contributed by atoms with Gasteiger partial charge in [0.25, 0.3) is 0 Å². The Morgan fingerprint density at radius 3 is 2.17 bits per heavy atom. The molecule has 0 aliphatic carbocycles. The van der Waals surface area contributed by atoms with E-state index in [1.54, 1.807) is 0 Å². The van der Waals surface area contributed by atoms with E-state index in [0.29, 0.717) is 0 Å². The van der Waals surface area contributed by atoms with Crippen LogP contribution < -0.4 is 5.32 Å². The highest BCUT2D eigenvalue weighted by Gasteiger charge is 2.17. The molecule has 1 saturated heterocycles. The Kier molecular flexibility index (Phi) is 5.22. The molecular formula is C8H12Cl2N2. The highest BCUT2D eigenvalue weighted by Crippen LogP contribution is 2.17. The summed E-state index contributed by atoms with van der Waals surface area (Å²) in [6.07, 6.45) is 3.71. The third-order valence-electron chi connectivity index (χ3n) is 1.96. The minimum atomic E-state index is 0. The summed E-state index contributed by atoms with van der Waals surface area (Å²) in [5, 5.41) is 3.24. The van der Waals surface area contributed by atoms with E-state index in [9.17, 15) is 0 Å². The average Bonchev–Trinajstić information content (AvgIpc) is 1.86. The molecule has 4 heteroatoms. The lowest BCUT2D eigenvalue weighted by atomic mass is 9.95. The topological polar surface area (TPSA) is 24.9 Å². The summed E-state index contributed by atoms with van der Waals surface area (Å²) >= 11 is 0. The Morgan fingerprint density at radius 2 is 1.75 bits per heavy atom. The van der Waals surface area contributed by atoms with Crippen LogP contribution in [0.2, 0.25) is 0 Å². The lowest BCUT2D eigenvalue weighted by Gasteiger charge is -2.27. The van der Waals surface area contributed by atoms with E-state index in [0.717, 1.165) is 19.0 Å². The lowest BCUT2D eigenvalue weighted by molar-refractivity contribution is 0.448. The fraction of sp³-hybridized carbons (Fsp3) is 0.375. The normalized spacial score (nSPS) is 15.3.